The van der Waals surface area contributed by atoms with Gasteiger partial charge in [0.25, 0.3) is 5.56 Å². The second-order valence-electron chi connectivity index (χ2n) is 8.39. The van der Waals surface area contributed by atoms with E-state index >= 15 is 0 Å². The molecule has 1 amide bonds. The fourth-order valence-corrected chi connectivity index (χ4v) is 5.93. The summed E-state index contributed by atoms with van der Waals surface area (Å²) in [6.07, 6.45) is 3.03. The number of nitrogens with one attached hydrogen (secondary N) is 1. The quantitative estimate of drug-likeness (QED) is 0.384. The van der Waals surface area contributed by atoms with Crippen LogP contribution in [-0.4, -0.2) is 33.9 Å². The maximum atomic E-state index is 13.7. The standard InChI is InChI=1S/C24H29N3O3S2/c1-5-30-17-11-9-16(10-12-17)27-23(29)21-18-7-6-8-19(18)32-22(21)26-24(27)31-13-20(28)25-15(4)14(2)3/h9-12,14-15H,5-8,13H2,1-4H3,(H,25,28). The maximum absolute atomic E-state index is 13.7. The molecule has 1 unspecified atom stereocenters. The molecule has 1 aliphatic rings. The van der Waals surface area contributed by atoms with Crippen LogP contribution >= 0.6 is 23.1 Å². The van der Waals surface area contributed by atoms with E-state index in [2.05, 4.69) is 19.2 Å². The summed E-state index contributed by atoms with van der Waals surface area (Å²) in [5.41, 5.74) is 1.82. The van der Waals surface area contributed by atoms with Gasteiger partial charge in [-0.25, -0.2) is 4.98 Å². The molecule has 0 fully saturated rings. The Morgan fingerprint density at radius 2 is 2.00 bits per heavy atom. The number of amides is 1. The van der Waals surface area contributed by atoms with Crippen LogP contribution in [0.1, 0.15) is 44.6 Å². The van der Waals surface area contributed by atoms with Gasteiger partial charge in [-0.2, -0.15) is 0 Å². The molecule has 1 atom stereocenters. The van der Waals surface area contributed by atoms with E-state index in [1.54, 1.807) is 15.9 Å². The third kappa shape index (κ3) is 4.57. The molecule has 0 saturated heterocycles. The third-order valence-corrected chi connectivity index (χ3v) is 7.96. The van der Waals surface area contributed by atoms with Gasteiger partial charge >= 0.3 is 0 Å². The van der Waals surface area contributed by atoms with Gasteiger partial charge in [-0.15, -0.1) is 11.3 Å². The number of carbonyl (C=O) groups is 1. The molecule has 1 aliphatic carbocycles. The van der Waals surface area contributed by atoms with Crippen molar-refractivity contribution in [1.82, 2.24) is 14.9 Å². The smallest absolute Gasteiger partial charge is 0.267 e. The summed E-state index contributed by atoms with van der Waals surface area (Å²) in [6.45, 7) is 8.67. The number of fused-ring (bicyclic) bond motifs is 3. The van der Waals surface area contributed by atoms with Crippen molar-refractivity contribution in [1.29, 1.82) is 0 Å². The number of hydrogen-bond donors (Lipinski definition) is 1. The zero-order valence-electron chi connectivity index (χ0n) is 18.9. The van der Waals surface area contributed by atoms with Crippen molar-refractivity contribution in [3.63, 3.8) is 0 Å². The van der Waals surface area contributed by atoms with Gasteiger partial charge in [-0.3, -0.25) is 14.2 Å². The number of benzene rings is 1. The van der Waals surface area contributed by atoms with Crippen LogP contribution < -0.4 is 15.6 Å². The summed E-state index contributed by atoms with van der Waals surface area (Å²) >= 11 is 2.92. The Balaban J connectivity index is 1.72. The van der Waals surface area contributed by atoms with Gasteiger partial charge in [0.1, 0.15) is 10.6 Å². The summed E-state index contributed by atoms with van der Waals surface area (Å²) in [7, 11) is 0. The topological polar surface area (TPSA) is 73.2 Å². The summed E-state index contributed by atoms with van der Waals surface area (Å²) in [5, 5.41) is 4.30. The highest BCUT2D eigenvalue weighted by atomic mass is 32.2. The number of hydrogen-bond acceptors (Lipinski definition) is 6. The van der Waals surface area contributed by atoms with Crippen LogP contribution in [0.5, 0.6) is 5.75 Å². The highest BCUT2D eigenvalue weighted by molar-refractivity contribution is 7.99. The number of rotatable bonds is 8. The van der Waals surface area contributed by atoms with Crippen LogP contribution in [0.3, 0.4) is 0 Å². The maximum Gasteiger partial charge on any atom is 0.267 e. The van der Waals surface area contributed by atoms with E-state index in [1.807, 2.05) is 38.1 Å². The van der Waals surface area contributed by atoms with Crippen molar-refractivity contribution in [3.8, 4) is 11.4 Å². The number of carbonyl (C=O) groups excluding carboxylic acids is 1. The van der Waals surface area contributed by atoms with Gasteiger partial charge in [0, 0.05) is 10.9 Å². The zero-order valence-corrected chi connectivity index (χ0v) is 20.6. The molecule has 1 aromatic carbocycles. The zero-order chi connectivity index (χ0) is 22.8. The average Bonchev–Trinajstić information content (AvgIpc) is 3.34. The Kier molecular flexibility index (Phi) is 6.90. The fraction of sp³-hybridized carbons (Fsp3) is 0.458. The molecule has 4 rings (SSSR count). The molecule has 0 radical (unpaired) electrons. The predicted octanol–water partition coefficient (Wildman–Crippen LogP) is 4.59. The first-order valence-electron chi connectivity index (χ1n) is 11.1. The van der Waals surface area contributed by atoms with Gasteiger partial charge in [0.15, 0.2) is 5.16 Å². The summed E-state index contributed by atoms with van der Waals surface area (Å²) < 4.78 is 7.20. The van der Waals surface area contributed by atoms with Crippen LogP contribution in [0.4, 0.5) is 0 Å². The molecule has 0 spiro atoms. The highest BCUT2D eigenvalue weighted by Crippen LogP contribution is 2.36. The third-order valence-electron chi connectivity index (χ3n) is 5.84. The molecule has 8 heteroatoms. The lowest BCUT2D eigenvalue weighted by molar-refractivity contribution is -0.119. The molecule has 0 aliphatic heterocycles. The lowest BCUT2D eigenvalue weighted by Gasteiger charge is -2.17. The Hall–Kier alpha value is -2.32. The number of nitrogens with zero attached hydrogens (tertiary/aromatic N) is 2. The largest absolute Gasteiger partial charge is 0.494 e. The van der Waals surface area contributed by atoms with Gasteiger partial charge in [0.2, 0.25) is 5.91 Å². The van der Waals surface area contributed by atoms with E-state index in [0.29, 0.717) is 17.7 Å². The molecule has 3 aromatic rings. The van der Waals surface area contributed by atoms with Gasteiger partial charge in [-0.1, -0.05) is 25.6 Å². The van der Waals surface area contributed by atoms with Crippen LogP contribution in [0.15, 0.2) is 34.2 Å². The molecule has 2 heterocycles. The Bertz CT molecular complexity index is 1180. The number of ether oxygens (including phenoxy) is 1. The van der Waals surface area contributed by atoms with Crippen molar-refractivity contribution in [2.45, 2.75) is 58.2 Å². The molecule has 170 valence electrons. The molecule has 32 heavy (non-hydrogen) atoms. The first-order valence-corrected chi connectivity index (χ1v) is 12.9. The SMILES string of the molecule is CCOc1ccc(-n2c(SCC(=O)NC(C)C(C)C)nc3sc4c(c3c2=O)CCC4)cc1. The van der Waals surface area contributed by atoms with Gasteiger partial charge < -0.3 is 10.1 Å². The minimum atomic E-state index is -0.0583. The minimum Gasteiger partial charge on any atom is -0.494 e. The van der Waals surface area contributed by atoms with Crippen LogP contribution in [-0.2, 0) is 17.6 Å². The van der Waals surface area contributed by atoms with Crippen LogP contribution in [0, 0.1) is 5.92 Å². The van der Waals surface area contributed by atoms with Crippen molar-refractivity contribution in [2.24, 2.45) is 5.92 Å². The van der Waals surface area contributed by atoms with E-state index in [-0.39, 0.29) is 23.3 Å². The molecule has 6 nitrogen and oxygen atoms in total. The second kappa shape index (κ2) is 9.67. The Labute approximate surface area is 196 Å². The lowest BCUT2D eigenvalue weighted by atomic mass is 10.1. The van der Waals surface area contributed by atoms with Crippen LogP contribution in [0.25, 0.3) is 15.9 Å². The monoisotopic (exact) mass is 471 g/mol. The number of thioether (sulfide) groups is 1. The van der Waals surface area contributed by atoms with Gasteiger partial charge in [-0.05, 0) is 68.9 Å². The summed E-state index contributed by atoms with van der Waals surface area (Å²) in [5.74, 6) is 1.26. The Morgan fingerprint density at radius 1 is 1.25 bits per heavy atom. The minimum absolute atomic E-state index is 0.0579. The van der Waals surface area contributed by atoms with Crippen molar-refractivity contribution >= 4 is 39.2 Å². The second-order valence-corrected chi connectivity index (χ2v) is 10.4. The van der Waals surface area contributed by atoms with Crippen molar-refractivity contribution in [2.75, 3.05) is 12.4 Å². The molecule has 1 N–H and O–H groups in total. The molecule has 0 bridgehead atoms. The van der Waals surface area contributed by atoms with Crippen LogP contribution in [0.2, 0.25) is 0 Å². The molecular weight excluding hydrogens is 442 g/mol. The first kappa shape index (κ1) is 22.9. The highest BCUT2D eigenvalue weighted by Gasteiger charge is 2.24. The van der Waals surface area contributed by atoms with Crippen molar-refractivity contribution < 1.29 is 9.53 Å². The normalized spacial score (nSPS) is 14.0. The van der Waals surface area contributed by atoms with E-state index in [1.165, 1.54) is 16.6 Å². The lowest BCUT2D eigenvalue weighted by Crippen LogP contribution is -2.37. The van der Waals surface area contributed by atoms with E-state index in [4.69, 9.17) is 9.72 Å². The number of aryl methyl sites for hydroxylation is 2. The van der Waals surface area contributed by atoms with Gasteiger partial charge in [0.05, 0.1) is 23.4 Å². The van der Waals surface area contributed by atoms with E-state index in [9.17, 15) is 9.59 Å². The number of aromatic nitrogens is 2. The summed E-state index contributed by atoms with van der Waals surface area (Å²) in [4.78, 5) is 33.1. The average molecular weight is 472 g/mol. The Morgan fingerprint density at radius 3 is 2.69 bits per heavy atom. The first-order chi connectivity index (χ1) is 15.4. The van der Waals surface area contributed by atoms with E-state index in [0.717, 1.165) is 46.5 Å². The number of thiophene rings is 1. The fourth-order valence-electron chi connectivity index (χ4n) is 3.80. The molecule has 0 saturated carbocycles. The summed E-state index contributed by atoms with van der Waals surface area (Å²) in [6, 6.07) is 7.56. The van der Waals surface area contributed by atoms with Crippen molar-refractivity contribution in [3.05, 3.63) is 45.1 Å². The molecule has 2 aromatic heterocycles. The van der Waals surface area contributed by atoms with E-state index < -0.39 is 0 Å². The molecular formula is C24H29N3O3S2. The predicted molar refractivity (Wildman–Crippen MR) is 132 cm³/mol.